The van der Waals surface area contributed by atoms with Crippen molar-refractivity contribution in [1.29, 1.82) is 0 Å². The summed E-state index contributed by atoms with van der Waals surface area (Å²) in [5.41, 5.74) is 0.267. The van der Waals surface area contributed by atoms with Crippen molar-refractivity contribution in [3.63, 3.8) is 0 Å². The normalized spacial score (nSPS) is 11.1. The zero-order chi connectivity index (χ0) is 22.6. The summed E-state index contributed by atoms with van der Waals surface area (Å²) in [6.45, 7) is -0.700. The van der Waals surface area contributed by atoms with Gasteiger partial charge in [-0.2, -0.15) is 0 Å². The number of aromatic hydroxyl groups is 2. The number of hydrogen-bond donors (Lipinski definition) is 8. The molecule has 0 atom stereocenters. The van der Waals surface area contributed by atoms with E-state index in [4.69, 9.17) is 20.4 Å². The van der Waals surface area contributed by atoms with E-state index in [1.807, 2.05) is 0 Å². The fraction of sp³-hybridized carbons (Fsp3) is 0.222. The van der Waals surface area contributed by atoms with Gasteiger partial charge in [0.15, 0.2) is 0 Å². The highest BCUT2D eigenvalue weighted by molar-refractivity contribution is 5.98. The van der Waals surface area contributed by atoms with Gasteiger partial charge in [-0.05, 0) is 22.9 Å². The van der Waals surface area contributed by atoms with Crippen molar-refractivity contribution in [3.8, 4) is 11.5 Å². The number of hydrogen-bond acceptors (Lipinski definition) is 8. The number of carbonyl (C=O) groups is 4. The number of nitrogens with one attached hydrogen (secondary N) is 2. The molecular weight excluding hydrogens is 404 g/mol. The Labute approximate surface area is 168 Å². The molecule has 0 spiro atoms. The first kappa shape index (κ1) is 22.4. The molecule has 30 heavy (non-hydrogen) atoms. The first-order chi connectivity index (χ1) is 14.0. The molecule has 0 aliphatic heterocycles. The maximum Gasteiger partial charge on any atom is 0.332 e. The standard InChI is InChI=1S/C18H18N2O10/c21-11-3-1-7-8(10(11)6-20-14(17(27)28)18(29)30)2-4-12(22)9(7)5-19-13(15(23)24)16(25)26/h1-4,13-14,19-22H,5-6H2,(H,23,24)(H,25,26)(H,27,28)(H,29,30). The van der Waals surface area contributed by atoms with Gasteiger partial charge in [-0.3, -0.25) is 10.6 Å². The second-order valence-electron chi connectivity index (χ2n) is 6.20. The van der Waals surface area contributed by atoms with E-state index in [-0.39, 0.29) is 35.7 Å². The molecule has 0 radical (unpaired) electrons. The van der Waals surface area contributed by atoms with E-state index in [1.165, 1.54) is 24.3 Å². The van der Waals surface area contributed by atoms with Crippen LogP contribution in [0, 0.1) is 0 Å². The average molecular weight is 422 g/mol. The number of carboxylic acid groups (broad SMARTS) is 4. The zero-order valence-corrected chi connectivity index (χ0v) is 15.2. The van der Waals surface area contributed by atoms with Gasteiger partial charge in [-0.15, -0.1) is 0 Å². The van der Waals surface area contributed by atoms with Gasteiger partial charge in [0.05, 0.1) is 0 Å². The quantitative estimate of drug-likeness (QED) is 0.228. The number of carboxylic acids is 4. The van der Waals surface area contributed by atoms with Crippen LogP contribution in [0.3, 0.4) is 0 Å². The Morgan fingerprint density at radius 1 is 0.633 bits per heavy atom. The Bertz CT molecular complexity index is 910. The van der Waals surface area contributed by atoms with Crippen molar-refractivity contribution in [2.24, 2.45) is 0 Å². The lowest BCUT2D eigenvalue weighted by Gasteiger charge is -2.17. The van der Waals surface area contributed by atoms with Crippen LogP contribution >= 0.6 is 0 Å². The van der Waals surface area contributed by atoms with Crippen molar-refractivity contribution >= 4 is 34.6 Å². The molecule has 0 bridgehead atoms. The smallest absolute Gasteiger partial charge is 0.332 e. The third-order valence-corrected chi connectivity index (χ3v) is 4.33. The predicted molar refractivity (Wildman–Crippen MR) is 99.1 cm³/mol. The Balaban J connectivity index is 2.43. The highest BCUT2D eigenvalue weighted by Gasteiger charge is 2.27. The fourth-order valence-electron chi connectivity index (χ4n) is 2.85. The molecule has 0 aromatic heterocycles. The van der Waals surface area contributed by atoms with Crippen LogP contribution in [-0.4, -0.2) is 66.6 Å². The molecule has 12 heteroatoms. The molecular formula is C18H18N2O10. The van der Waals surface area contributed by atoms with Gasteiger partial charge in [-0.1, -0.05) is 12.1 Å². The number of phenolic OH excluding ortho intramolecular Hbond substituents is 2. The summed E-state index contributed by atoms with van der Waals surface area (Å²) in [5.74, 6) is -7.06. The van der Waals surface area contributed by atoms with Gasteiger partial charge in [0.25, 0.3) is 0 Å². The molecule has 0 aliphatic rings. The number of rotatable bonds is 10. The van der Waals surface area contributed by atoms with Crippen molar-refractivity contribution in [3.05, 3.63) is 35.4 Å². The summed E-state index contributed by atoms with van der Waals surface area (Å²) in [4.78, 5) is 44.1. The average Bonchev–Trinajstić information content (AvgIpc) is 2.63. The fourth-order valence-corrected chi connectivity index (χ4v) is 2.85. The van der Waals surface area contributed by atoms with Crippen LogP contribution in [0.5, 0.6) is 11.5 Å². The van der Waals surface area contributed by atoms with Crippen LogP contribution in [0.25, 0.3) is 10.8 Å². The van der Waals surface area contributed by atoms with E-state index in [9.17, 15) is 29.4 Å². The lowest BCUT2D eigenvalue weighted by molar-refractivity contribution is -0.153. The number of aliphatic carboxylic acids is 4. The molecule has 0 aliphatic carbocycles. The van der Waals surface area contributed by atoms with Gasteiger partial charge in [0, 0.05) is 24.2 Å². The Morgan fingerprint density at radius 3 is 1.20 bits per heavy atom. The van der Waals surface area contributed by atoms with Crippen LogP contribution in [0.2, 0.25) is 0 Å². The van der Waals surface area contributed by atoms with Gasteiger partial charge in [0.1, 0.15) is 11.5 Å². The molecule has 2 aromatic carbocycles. The van der Waals surface area contributed by atoms with Gasteiger partial charge in [-0.25, -0.2) is 19.2 Å². The maximum absolute atomic E-state index is 11.0. The first-order valence-electron chi connectivity index (χ1n) is 8.38. The molecule has 2 rings (SSSR count). The topological polar surface area (TPSA) is 214 Å². The second kappa shape index (κ2) is 9.07. The Morgan fingerprint density at radius 2 is 0.933 bits per heavy atom. The van der Waals surface area contributed by atoms with E-state index >= 15 is 0 Å². The van der Waals surface area contributed by atoms with Crippen molar-refractivity contribution < 1.29 is 49.8 Å². The number of benzene rings is 2. The van der Waals surface area contributed by atoms with Crippen molar-refractivity contribution in [1.82, 2.24) is 10.6 Å². The van der Waals surface area contributed by atoms with E-state index < -0.39 is 36.0 Å². The maximum atomic E-state index is 11.0. The van der Waals surface area contributed by atoms with Crippen molar-refractivity contribution in [2.45, 2.75) is 25.2 Å². The summed E-state index contributed by atoms with van der Waals surface area (Å²) < 4.78 is 0. The first-order valence-corrected chi connectivity index (χ1v) is 8.38. The van der Waals surface area contributed by atoms with Crippen molar-refractivity contribution in [2.75, 3.05) is 0 Å². The van der Waals surface area contributed by atoms with E-state index in [0.29, 0.717) is 10.8 Å². The summed E-state index contributed by atoms with van der Waals surface area (Å²) in [7, 11) is 0. The van der Waals surface area contributed by atoms with Crippen LogP contribution in [-0.2, 0) is 32.3 Å². The third kappa shape index (κ3) is 4.74. The summed E-state index contributed by atoms with van der Waals surface area (Å²) in [6, 6.07) is 1.39. The molecule has 0 saturated carbocycles. The van der Waals surface area contributed by atoms with Crippen LogP contribution in [0.1, 0.15) is 11.1 Å². The molecule has 0 unspecified atom stereocenters. The SMILES string of the molecule is O=C(O)C(NCc1c(O)ccc2c(CNC(C(=O)O)C(=O)O)c(O)ccc12)C(=O)O. The molecule has 12 nitrogen and oxygen atoms in total. The third-order valence-electron chi connectivity index (χ3n) is 4.33. The Hall–Kier alpha value is -3.90. The highest BCUT2D eigenvalue weighted by Crippen LogP contribution is 2.33. The van der Waals surface area contributed by atoms with Crippen LogP contribution in [0.15, 0.2) is 24.3 Å². The summed E-state index contributed by atoms with van der Waals surface area (Å²) >= 11 is 0. The minimum Gasteiger partial charge on any atom is -0.508 e. The van der Waals surface area contributed by atoms with Crippen LogP contribution < -0.4 is 10.6 Å². The molecule has 0 heterocycles. The largest absolute Gasteiger partial charge is 0.508 e. The molecule has 0 amide bonds. The van der Waals surface area contributed by atoms with E-state index in [0.717, 1.165) is 0 Å². The van der Waals surface area contributed by atoms with Gasteiger partial charge in [0.2, 0.25) is 12.1 Å². The summed E-state index contributed by atoms with van der Waals surface area (Å²) in [5, 5.41) is 61.3. The number of fused-ring (bicyclic) bond motifs is 1. The molecule has 160 valence electrons. The van der Waals surface area contributed by atoms with Crippen LogP contribution in [0.4, 0.5) is 0 Å². The zero-order valence-electron chi connectivity index (χ0n) is 15.2. The lowest BCUT2D eigenvalue weighted by Crippen LogP contribution is -2.43. The second-order valence-corrected chi connectivity index (χ2v) is 6.20. The predicted octanol–water partition coefficient (Wildman–Crippen LogP) is -0.494. The minimum atomic E-state index is -1.93. The number of phenols is 2. The monoisotopic (exact) mass is 422 g/mol. The lowest BCUT2D eigenvalue weighted by atomic mass is 9.97. The highest BCUT2D eigenvalue weighted by atomic mass is 16.4. The molecule has 2 aromatic rings. The van der Waals surface area contributed by atoms with E-state index in [1.54, 1.807) is 0 Å². The van der Waals surface area contributed by atoms with E-state index in [2.05, 4.69) is 10.6 Å². The van der Waals surface area contributed by atoms with Gasteiger partial charge < -0.3 is 30.6 Å². The molecule has 0 saturated heterocycles. The minimum absolute atomic E-state index is 0.134. The Kier molecular flexibility index (Phi) is 6.77. The summed E-state index contributed by atoms with van der Waals surface area (Å²) in [6.07, 6.45) is 0. The molecule has 0 fully saturated rings. The molecule has 8 N–H and O–H groups in total. The van der Waals surface area contributed by atoms with Gasteiger partial charge >= 0.3 is 23.9 Å².